The predicted molar refractivity (Wildman–Crippen MR) is 338 cm³/mol. The highest BCUT2D eigenvalue weighted by atomic mass is 16.5. The summed E-state index contributed by atoms with van der Waals surface area (Å²) in [5, 5.41) is 23.2. The van der Waals surface area contributed by atoms with Gasteiger partial charge in [0.05, 0.1) is 25.4 Å². The van der Waals surface area contributed by atoms with Gasteiger partial charge in [0.1, 0.15) is 0 Å². The van der Waals surface area contributed by atoms with Crippen LogP contribution in [0.3, 0.4) is 0 Å². The van der Waals surface area contributed by atoms with E-state index >= 15 is 0 Å². The predicted octanol–water partition coefficient (Wildman–Crippen LogP) is 22.5. The molecule has 2 unspecified atom stereocenters. The molecule has 2 atom stereocenters. The van der Waals surface area contributed by atoms with Gasteiger partial charge in [-0.25, -0.2) is 0 Å². The van der Waals surface area contributed by atoms with Crippen molar-refractivity contribution in [1.29, 1.82) is 0 Å². The van der Waals surface area contributed by atoms with Gasteiger partial charge in [-0.15, -0.1) is 0 Å². The standard InChI is InChI=1S/C71H137NO5/c1-3-5-7-9-11-13-15-17-18-19-34-37-40-43-47-51-55-59-63-69(74)68(67-73)72-70(75)64-60-56-52-48-44-41-38-35-32-30-28-26-24-22-20-21-23-25-27-29-31-33-36-39-42-46-50-54-58-62-66-77-71(76)65-61-57-53-49-45-16-14-12-10-8-6-4-2/h12,14,59,63,68-69,73-74H,3-11,13,15-58,60-62,64-67H2,1-2H3,(H,72,75)/b14-12-,63-59+. The van der Waals surface area contributed by atoms with Crippen LogP contribution in [-0.2, 0) is 14.3 Å². The van der Waals surface area contributed by atoms with Crippen molar-refractivity contribution in [1.82, 2.24) is 5.32 Å². The smallest absolute Gasteiger partial charge is 0.305 e. The van der Waals surface area contributed by atoms with Crippen LogP contribution >= 0.6 is 0 Å². The number of ether oxygens (including phenoxy) is 1. The number of aliphatic hydroxyl groups is 2. The minimum atomic E-state index is -0.842. The van der Waals surface area contributed by atoms with Crippen LogP contribution in [0.2, 0.25) is 0 Å². The molecular weight excluding hydrogens is 947 g/mol. The van der Waals surface area contributed by atoms with Crippen LogP contribution in [0.4, 0.5) is 0 Å². The van der Waals surface area contributed by atoms with Crippen molar-refractivity contribution in [3.05, 3.63) is 24.3 Å². The summed E-state index contributed by atoms with van der Waals surface area (Å²) in [7, 11) is 0. The molecule has 0 radical (unpaired) electrons. The van der Waals surface area contributed by atoms with Gasteiger partial charge in [-0.1, -0.05) is 346 Å². The maximum atomic E-state index is 12.5. The summed E-state index contributed by atoms with van der Waals surface area (Å²) in [6.07, 6.45) is 84.0. The third-order valence-electron chi connectivity index (χ3n) is 16.5. The Morgan fingerprint density at radius 1 is 0.351 bits per heavy atom. The SMILES string of the molecule is CCCCC/C=C\CCCCCCCC(=O)OCCCCCCCCCCCCCCCCCCCCCCCCCCCCCCCCC(=O)NC(CO)C(O)/C=C/CCCCCCCCCCCCCCCCCC. The topological polar surface area (TPSA) is 95.9 Å². The normalized spacial score (nSPS) is 12.6. The summed E-state index contributed by atoms with van der Waals surface area (Å²) in [5.74, 6) is -0.0505. The summed E-state index contributed by atoms with van der Waals surface area (Å²) in [4.78, 5) is 24.5. The van der Waals surface area contributed by atoms with E-state index in [2.05, 4.69) is 31.3 Å². The van der Waals surface area contributed by atoms with Gasteiger partial charge in [-0.3, -0.25) is 9.59 Å². The summed E-state index contributed by atoms with van der Waals surface area (Å²) < 4.78 is 5.48. The molecule has 0 aromatic rings. The molecule has 0 spiro atoms. The summed E-state index contributed by atoms with van der Waals surface area (Å²) >= 11 is 0. The van der Waals surface area contributed by atoms with Crippen LogP contribution in [0.25, 0.3) is 0 Å². The number of esters is 1. The zero-order chi connectivity index (χ0) is 55.7. The van der Waals surface area contributed by atoms with E-state index in [1.165, 1.54) is 321 Å². The Morgan fingerprint density at radius 3 is 0.948 bits per heavy atom. The van der Waals surface area contributed by atoms with Crippen molar-refractivity contribution < 1.29 is 24.5 Å². The molecule has 6 nitrogen and oxygen atoms in total. The van der Waals surface area contributed by atoms with Gasteiger partial charge in [0.15, 0.2) is 0 Å². The van der Waals surface area contributed by atoms with Crippen molar-refractivity contribution in [2.24, 2.45) is 0 Å². The van der Waals surface area contributed by atoms with E-state index in [-0.39, 0.29) is 18.5 Å². The van der Waals surface area contributed by atoms with E-state index in [0.717, 1.165) is 44.9 Å². The first-order chi connectivity index (χ1) is 38.0. The van der Waals surface area contributed by atoms with Crippen molar-refractivity contribution in [2.75, 3.05) is 13.2 Å². The average Bonchev–Trinajstić information content (AvgIpc) is 3.43. The number of allylic oxidation sites excluding steroid dienone is 3. The maximum absolute atomic E-state index is 12.5. The molecule has 1 amide bonds. The van der Waals surface area contributed by atoms with Crippen molar-refractivity contribution in [3.8, 4) is 0 Å². The second-order valence-electron chi connectivity index (χ2n) is 24.2. The van der Waals surface area contributed by atoms with E-state index in [9.17, 15) is 19.8 Å². The highest BCUT2D eigenvalue weighted by Crippen LogP contribution is 2.19. The molecule has 0 saturated heterocycles. The van der Waals surface area contributed by atoms with Gasteiger partial charge < -0.3 is 20.3 Å². The number of nitrogens with one attached hydrogen (secondary N) is 1. The van der Waals surface area contributed by atoms with E-state index in [1.807, 2.05) is 6.08 Å². The lowest BCUT2D eigenvalue weighted by atomic mass is 10.0. The Labute approximate surface area is 481 Å². The van der Waals surface area contributed by atoms with E-state index in [4.69, 9.17) is 4.74 Å². The first kappa shape index (κ1) is 75.3. The largest absolute Gasteiger partial charge is 0.466 e. The van der Waals surface area contributed by atoms with Gasteiger partial charge in [-0.05, 0) is 57.8 Å². The van der Waals surface area contributed by atoms with Gasteiger partial charge in [0, 0.05) is 12.8 Å². The zero-order valence-corrected chi connectivity index (χ0v) is 52.2. The van der Waals surface area contributed by atoms with E-state index in [1.54, 1.807) is 6.08 Å². The number of rotatable bonds is 66. The van der Waals surface area contributed by atoms with Crippen LogP contribution in [0.1, 0.15) is 393 Å². The average molecular weight is 1080 g/mol. The van der Waals surface area contributed by atoms with Crippen LogP contribution < -0.4 is 5.32 Å². The Hall–Kier alpha value is -1.66. The number of carbonyl (C=O) groups excluding carboxylic acids is 2. The van der Waals surface area contributed by atoms with Gasteiger partial charge in [0.2, 0.25) is 5.91 Å². The Bertz CT molecular complexity index is 1200. The van der Waals surface area contributed by atoms with Crippen molar-refractivity contribution in [3.63, 3.8) is 0 Å². The van der Waals surface area contributed by atoms with Crippen LogP contribution in [0, 0.1) is 0 Å². The monoisotopic (exact) mass is 1080 g/mol. The summed E-state index contributed by atoms with van der Waals surface area (Å²) in [5.41, 5.74) is 0. The number of unbranched alkanes of at least 4 members (excludes halogenated alkanes) is 53. The third kappa shape index (κ3) is 63.4. The minimum absolute atomic E-state index is 0.0102. The minimum Gasteiger partial charge on any atom is -0.466 e. The Kier molecular flexibility index (Phi) is 65.4. The Morgan fingerprint density at radius 2 is 0.610 bits per heavy atom. The van der Waals surface area contributed by atoms with E-state index in [0.29, 0.717) is 19.4 Å². The fourth-order valence-corrected chi connectivity index (χ4v) is 11.1. The molecule has 0 aromatic heterocycles. The van der Waals surface area contributed by atoms with Crippen LogP contribution in [0.15, 0.2) is 24.3 Å². The summed E-state index contributed by atoms with van der Waals surface area (Å²) in [6, 6.07) is -0.625. The highest BCUT2D eigenvalue weighted by Gasteiger charge is 2.18. The van der Waals surface area contributed by atoms with Gasteiger partial charge in [0.25, 0.3) is 0 Å². The molecule has 77 heavy (non-hydrogen) atoms. The Balaban J connectivity index is 3.36. The van der Waals surface area contributed by atoms with Gasteiger partial charge >= 0.3 is 5.97 Å². The molecule has 3 N–H and O–H groups in total. The fraction of sp³-hybridized carbons (Fsp3) is 0.915. The second-order valence-corrected chi connectivity index (χ2v) is 24.2. The number of hydrogen-bond acceptors (Lipinski definition) is 5. The lowest BCUT2D eigenvalue weighted by Crippen LogP contribution is -2.45. The number of carbonyl (C=O) groups is 2. The quantitative estimate of drug-likeness (QED) is 0.0320. The van der Waals surface area contributed by atoms with Crippen molar-refractivity contribution in [2.45, 2.75) is 405 Å². The molecule has 0 bridgehead atoms. The summed E-state index contributed by atoms with van der Waals surface area (Å²) in [6.45, 7) is 4.91. The van der Waals surface area contributed by atoms with E-state index < -0.39 is 12.1 Å². The zero-order valence-electron chi connectivity index (χ0n) is 52.2. The molecule has 456 valence electrons. The molecule has 0 heterocycles. The molecule has 0 saturated carbocycles. The lowest BCUT2D eigenvalue weighted by molar-refractivity contribution is -0.143. The molecule has 0 aliphatic rings. The number of aliphatic hydroxyl groups excluding tert-OH is 2. The third-order valence-corrected chi connectivity index (χ3v) is 16.5. The second kappa shape index (κ2) is 66.8. The maximum Gasteiger partial charge on any atom is 0.305 e. The fourth-order valence-electron chi connectivity index (χ4n) is 11.1. The first-order valence-corrected chi connectivity index (χ1v) is 35.1. The molecule has 6 heteroatoms. The lowest BCUT2D eigenvalue weighted by Gasteiger charge is -2.20. The molecular formula is C71H137NO5. The number of hydrogen-bond donors (Lipinski definition) is 3. The van der Waals surface area contributed by atoms with Gasteiger partial charge in [-0.2, -0.15) is 0 Å². The first-order valence-electron chi connectivity index (χ1n) is 35.1. The van der Waals surface area contributed by atoms with Crippen molar-refractivity contribution >= 4 is 11.9 Å². The van der Waals surface area contributed by atoms with Crippen LogP contribution in [-0.4, -0.2) is 47.4 Å². The molecule has 0 aliphatic carbocycles. The number of amides is 1. The molecule has 0 rings (SSSR count). The highest BCUT2D eigenvalue weighted by molar-refractivity contribution is 5.76. The molecule has 0 fully saturated rings. The molecule has 0 aromatic carbocycles. The van der Waals surface area contributed by atoms with Crippen LogP contribution in [0.5, 0.6) is 0 Å². The molecule has 0 aliphatic heterocycles.